The molecule has 0 aromatic carbocycles. The van der Waals surface area contributed by atoms with Crippen LogP contribution in [-0.4, -0.2) is 23.9 Å². The maximum Gasteiger partial charge on any atom is 1.00 e. The molecule has 1 N–H and O–H groups in total. The second kappa shape index (κ2) is 6.67. The van der Waals surface area contributed by atoms with Gasteiger partial charge in [0.15, 0.2) is 0 Å². The van der Waals surface area contributed by atoms with Gasteiger partial charge in [0.05, 0.1) is 18.8 Å². The van der Waals surface area contributed by atoms with Gasteiger partial charge in [-0.1, -0.05) is 18.2 Å². The maximum atomic E-state index is 11.0. The standard InChI is InChI=1S/C8H13O5P.Li/c1-2-7(9)6-8-4-3-5-12-14(10,11)13-8;/h2-4,7-9H,1,5-6H2,(H,10,11);/q;+1/p-1/t7-,8-;/m1./s1. The largest absolute Gasteiger partial charge is 1.00 e. The van der Waals surface area contributed by atoms with E-state index >= 15 is 0 Å². The zero-order valence-electron chi connectivity index (χ0n) is 8.54. The molecule has 0 spiro atoms. The van der Waals surface area contributed by atoms with Crippen molar-refractivity contribution in [3.8, 4) is 0 Å². The zero-order chi connectivity index (χ0) is 10.6. The molecule has 1 rings (SSSR count). The van der Waals surface area contributed by atoms with Crippen LogP contribution in [0.2, 0.25) is 0 Å². The third-order valence-corrected chi connectivity index (χ3v) is 2.68. The minimum absolute atomic E-state index is 0. The van der Waals surface area contributed by atoms with E-state index in [0.29, 0.717) is 0 Å². The van der Waals surface area contributed by atoms with Gasteiger partial charge in [-0.25, -0.2) is 0 Å². The van der Waals surface area contributed by atoms with E-state index in [9.17, 15) is 14.6 Å². The Labute approximate surface area is 101 Å². The molecular formula is C8H12LiO5P. The van der Waals surface area contributed by atoms with Gasteiger partial charge in [0, 0.05) is 6.42 Å². The number of hydrogen-bond acceptors (Lipinski definition) is 5. The van der Waals surface area contributed by atoms with Crippen LogP contribution < -0.4 is 23.8 Å². The van der Waals surface area contributed by atoms with Crippen molar-refractivity contribution in [2.24, 2.45) is 0 Å². The fraction of sp³-hybridized carbons (Fsp3) is 0.500. The Kier molecular flexibility index (Phi) is 6.74. The Morgan fingerprint density at radius 3 is 3.07 bits per heavy atom. The fourth-order valence-corrected chi connectivity index (χ4v) is 1.85. The van der Waals surface area contributed by atoms with Crippen molar-refractivity contribution in [2.45, 2.75) is 18.6 Å². The van der Waals surface area contributed by atoms with Gasteiger partial charge in [0.1, 0.15) is 0 Å². The molecule has 80 valence electrons. The number of hydrogen-bond donors (Lipinski definition) is 1. The third kappa shape index (κ3) is 5.69. The van der Waals surface area contributed by atoms with Crippen LogP contribution in [0.25, 0.3) is 0 Å². The first-order valence-corrected chi connectivity index (χ1v) is 5.61. The summed E-state index contributed by atoms with van der Waals surface area (Å²) in [4.78, 5) is 11.0. The van der Waals surface area contributed by atoms with E-state index < -0.39 is 20.0 Å². The van der Waals surface area contributed by atoms with E-state index in [2.05, 4.69) is 15.6 Å². The molecule has 1 aliphatic rings. The molecule has 0 bridgehead atoms. The number of phosphoric ester groups is 1. The van der Waals surface area contributed by atoms with Gasteiger partial charge in [-0.05, 0) is 0 Å². The molecule has 0 saturated heterocycles. The van der Waals surface area contributed by atoms with Crippen LogP contribution in [0, 0.1) is 0 Å². The van der Waals surface area contributed by atoms with Crippen LogP contribution in [0.15, 0.2) is 24.8 Å². The fourth-order valence-electron chi connectivity index (χ4n) is 1.03. The second-order valence-electron chi connectivity index (χ2n) is 2.85. The molecule has 0 radical (unpaired) electrons. The Bertz CT molecular complexity index is 280. The summed E-state index contributed by atoms with van der Waals surface area (Å²) >= 11 is 0. The molecule has 0 amide bonds. The molecule has 1 unspecified atom stereocenters. The Morgan fingerprint density at radius 2 is 2.47 bits per heavy atom. The molecule has 15 heavy (non-hydrogen) atoms. The quantitative estimate of drug-likeness (QED) is 0.323. The Hall–Kier alpha value is 0.147. The van der Waals surface area contributed by atoms with Crippen molar-refractivity contribution in [3.05, 3.63) is 24.8 Å². The Balaban J connectivity index is 0.00000196. The van der Waals surface area contributed by atoms with E-state index in [0.717, 1.165) is 0 Å². The molecule has 0 saturated carbocycles. The summed E-state index contributed by atoms with van der Waals surface area (Å²) in [6, 6.07) is 0. The van der Waals surface area contributed by atoms with E-state index in [1.54, 1.807) is 6.08 Å². The topological polar surface area (TPSA) is 78.8 Å². The van der Waals surface area contributed by atoms with E-state index in [4.69, 9.17) is 0 Å². The predicted molar refractivity (Wildman–Crippen MR) is 48.4 cm³/mol. The molecule has 3 atom stereocenters. The molecule has 7 heteroatoms. The van der Waals surface area contributed by atoms with Crippen molar-refractivity contribution in [3.63, 3.8) is 0 Å². The van der Waals surface area contributed by atoms with Crippen molar-refractivity contribution in [2.75, 3.05) is 6.61 Å². The first kappa shape index (κ1) is 15.1. The monoisotopic (exact) mass is 226 g/mol. The van der Waals surface area contributed by atoms with Crippen molar-refractivity contribution >= 4 is 7.82 Å². The van der Waals surface area contributed by atoms with Gasteiger partial charge < -0.3 is 19.0 Å². The van der Waals surface area contributed by atoms with Gasteiger partial charge in [-0.15, -0.1) is 6.58 Å². The smallest absolute Gasteiger partial charge is 0.756 e. The SMILES string of the molecule is C=C[C@@H](O)C[C@H]1C=CCOP(=O)([O-])O1.[Li+]. The number of phosphoric acid groups is 1. The first-order chi connectivity index (χ1) is 6.53. The third-order valence-electron chi connectivity index (χ3n) is 1.69. The summed E-state index contributed by atoms with van der Waals surface area (Å²) in [6.07, 6.45) is 3.08. The second-order valence-corrected chi connectivity index (χ2v) is 4.22. The molecule has 0 aromatic rings. The van der Waals surface area contributed by atoms with Crippen molar-refractivity contribution in [1.82, 2.24) is 0 Å². The summed E-state index contributed by atoms with van der Waals surface area (Å²) in [5.74, 6) is 0. The van der Waals surface area contributed by atoms with Crippen LogP contribution in [0.4, 0.5) is 0 Å². The van der Waals surface area contributed by atoms with Gasteiger partial charge in [0.25, 0.3) is 7.82 Å². The summed E-state index contributed by atoms with van der Waals surface area (Å²) in [5.41, 5.74) is 0. The van der Waals surface area contributed by atoms with E-state index in [-0.39, 0.29) is 31.9 Å². The number of aliphatic hydroxyl groups excluding tert-OH is 1. The van der Waals surface area contributed by atoms with E-state index in [1.165, 1.54) is 12.2 Å². The summed E-state index contributed by atoms with van der Waals surface area (Å²) in [7, 11) is -4.21. The summed E-state index contributed by atoms with van der Waals surface area (Å²) in [5, 5.41) is 9.21. The molecular weight excluding hydrogens is 214 g/mol. The molecule has 0 fully saturated rings. The molecule has 1 heterocycles. The summed E-state index contributed by atoms with van der Waals surface area (Å²) < 4.78 is 20.1. The molecule has 0 aromatic heterocycles. The van der Waals surface area contributed by atoms with Crippen molar-refractivity contribution < 1.29 is 42.5 Å². The predicted octanol–water partition coefficient (Wildman–Crippen LogP) is -2.63. The summed E-state index contributed by atoms with van der Waals surface area (Å²) in [6.45, 7) is 3.35. The first-order valence-electron chi connectivity index (χ1n) is 4.15. The van der Waals surface area contributed by atoms with Gasteiger partial charge in [0.2, 0.25) is 0 Å². The van der Waals surface area contributed by atoms with Gasteiger partial charge in [-0.3, -0.25) is 4.57 Å². The minimum atomic E-state index is -4.21. The minimum Gasteiger partial charge on any atom is -0.756 e. The van der Waals surface area contributed by atoms with Gasteiger partial charge in [-0.2, -0.15) is 0 Å². The molecule has 5 nitrogen and oxygen atoms in total. The molecule has 1 aliphatic heterocycles. The van der Waals surface area contributed by atoms with Crippen LogP contribution in [0.5, 0.6) is 0 Å². The normalized spacial score (nSPS) is 32.5. The maximum absolute atomic E-state index is 11.0. The average molecular weight is 226 g/mol. The van der Waals surface area contributed by atoms with Crippen LogP contribution >= 0.6 is 7.82 Å². The Morgan fingerprint density at radius 1 is 1.80 bits per heavy atom. The zero-order valence-corrected chi connectivity index (χ0v) is 9.43. The van der Waals surface area contributed by atoms with E-state index in [1.807, 2.05) is 0 Å². The average Bonchev–Trinajstić information content (AvgIpc) is 2.26. The molecule has 0 aliphatic carbocycles. The van der Waals surface area contributed by atoms with Crippen LogP contribution in [0.1, 0.15) is 6.42 Å². The van der Waals surface area contributed by atoms with Crippen LogP contribution in [0.3, 0.4) is 0 Å². The van der Waals surface area contributed by atoms with Gasteiger partial charge >= 0.3 is 18.9 Å². The van der Waals surface area contributed by atoms with Crippen LogP contribution in [-0.2, 0) is 13.6 Å². The van der Waals surface area contributed by atoms with Crippen molar-refractivity contribution in [1.29, 1.82) is 0 Å². The number of aliphatic hydroxyl groups is 1. The number of rotatable bonds is 3.